The largest absolute Gasteiger partial charge is 0.378 e. The molecule has 3 aromatic rings. The highest BCUT2D eigenvalue weighted by molar-refractivity contribution is 6.04. The number of nitrogens with zero attached hydrogens (tertiary/aromatic N) is 4. The van der Waals surface area contributed by atoms with Crippen LogP contribution in [-0.2, 0) is 0 Å². The first-order chi connectivity index (χ1) is 11.5. The minimum atomic E-state index is -0.192. The van der Waals surface area contributed by atoms with Crippen LogP contribution in [0.1, 0.15) is 16.1 Å². The number of carbonyl (C=O) groups excluding carboxylic acids is 1. The highest BCUT2D eigenvalue weighted by Gasteiger charge is 2.09. The fourth-order valence-electron chi connectivity index (χ4n) is 2.35. The van der Waals surface area contributed by atoms with Crippen LogP contribution in [0.4, 0.5) is 11.5 Å². The summed E-state index contributed by atoms with van der Waals surface area (Å²) in [5, 5.41) is 7.08. The van der Waals surface area contributed by atoms with Gasteiger partial charge in [0.15, 0.2) is 0 Å². The van der Waals surface area contributed by atoms with E-state index in [1.54, 1.807) is 24.5 Å². The monoisotopic (exact) mass is 321 g/mol. The minimum absolute atomic E-state index is 0.192. The van der Waals surface area contributed by atoms with E-state index < -0.39 is 0 Å². The fraction of sp³-hybridized carbons (Fsp3) is 0.167. The van der Waals surface area contributed by atoms with Crippen molar-refractivity contribution in [2.45, 2.75) is 6.92 Å². The first kappa shape index (κ1) is 15.7. The summed E-state index contributed by atoms with van der Waals surface area (Å²) in [6.07, 6.45) is 3.42. The molecular formula is C18H19N5O. The van der Waals surface area contributed by atoms with Crippen molar-refractivity contribution in [1.82, 2.24) is 14.8 Å². The van der Waals surface area contributed by atoms with Crippen molar-refractivity contribution in [3.63, 3.8) is 0 Å². The Morgan fingerprint density at radius 2 is 1.83 bits per heavy atom. The first-order valence-corrected chi connectivity index (χ1v) is 7.60. The quantitative estimate of drug-likeness (QED) is 0.802. The maximum Gasteiger partial charge on any atom is 0.256 e. The van der Waals surface area contributed by atoms with Gasteiger partial charge in [0, 0.05) is 49.5 Å². The second-order valence-electron chi connectivity index (χ2n) is 5.68. The average molecular weight is 321 g/mol. The Labute approximate surface area is 140 Å². The molecule has 6 heteroatoms. The van der Waals surface area contributed by atoms with Gasteiger partial charge in [0.05, 0.1) is 5.69 Å². The van der Waals surface area contributed by atoms with Crippen LogP contribution in [0.5, 0.6) is 0 Å². The van der Waals surface area contributed by atoms with Crippen molar-refractivity contribution in [3.8, 4) is 5.69 Å². The van der Waals surface area contributed by atoms with Gasteiger partial charge in [0.1, 0.15) is 5.82 Å². The molecule has 0 aliphatic heterocycles. The molecule has 0 radical (unpaired) electrons. The Morgan fingerprint density at radius 3 is 2.46 bits per heavy atom. The number of aryl methyl sites for hydroxylation is 1. The summed E-state index contributed by atoms with van der Waals surface area (Å²) in [4.78, 5) is 18.5. The first-order valence-electron chi connectivity index (χ1n) is 7.60. The smallest absolute Gasteiger partial charge is 0.256 e. The third-order valence-electron chi connectivity index (χ3n) is 3.71. The normalized spacial score (nSPS) is 10.5. The Hall–Kier alpha value is -3.15. The van der Waals surface area contributed by atoms with Gasteiger partial charge < -0.3 is 10.2 Å². The second-order valence-corrected chi connectivity index (χ2v) is 5.68. The number of nitrogens with one attached hydrogen (secondary N) is 1. The van der Waals surface area contributed by atoms with Gasteiger partial charge in [-0.25, -0.2) is 9.67 Å². The molecule has 24 heavy (non-hydrogen) atoms. The predicted molar refractivity (Wildman–Crippen MR) is 94.8 cm³/mol. The van der Waals surface area contributed by atoms with E-state index >= 15 is 0 Å². The molecule has 0 aliphatic rings. The molecule has 0 aliphatic carbocycles. The van der Waals surface area contributed by atoms with Crippen LogP contribution in [0.3, 0.4) is 0 Å². The molecule has 0 bridgehead atoms. The Bertz CT molecular complexity index is 852. The molecule has 0 unspecified atom stereocenters. The maximum atomic E-state index is 12.4. The zero-order chi connectivity index (χ0) is 17.1. The van der Waals surface area contributed by atoms with Crippen LogP contribution >= 0.6 is 0 Å². The Kier molecular flexibility index (Phi) is 4.29. The van der Waals surface area contributed by atoms with E-state index in [-0.39, 0.29) is 5.91 Å². The number of aromatic nitrogens is 3. The van der Waals surface area contributed by atoms with Crippen molar-refractivity contribution in [2.24, 2.45) is 0 Å². The van der Waals surface area contributed by atoms with Crippen LogP contribution in [-0.4, -0.2) is 34.8 Å². The highest BCUT2D eigenvalue weighted by Crippen LogP contribution is 2.16. The molecule has 0 atom stereocenters. The molecule has 122 valence electrons. The van der Waals surface area contributed by atoms with Gasteiger partial charge in [0.25, 0.3) is 5.91 Å². The van der Waals surface area contributed by atoms with Crippen LogP contribution in [0.15, 0.2) is 54.9 Å². The van der Waals surface area contributed by atoms with E-state index in [1.807, 2.05) is 60.9 Å². The number of carbonyl (C=O) groups is 1. The number of amides is 1. The summed E-state index contributed by atoms with van der Waals surface area (Å²) in [5.41, 5.74) is 3.50. The number of hydrogen-bond donors (Lipinski definition) is 1. The van der Waals surface area contributed by atoms with E-state index in [1.165, 1.54) is 0 Å². The lowest BCUT2D eigenvalue weighted by Gasteiger charge is -2.13. The lowest BCUT2D eigenvalue weighted by molar-refractivity contribution is 0.102. The van der Waals surface area contributed by atoms with Crippen molar-refractivity contribution >= 4 is 17.4 Å². The maximum absolute atomic E-state index is 12.4. The standard InChI is InChI=1S/C18H19N5O/c1-13-8-11-20-23(13)15-6-4-14(5-7-15)18(24)21-17-12-16(22(2)3)9-10-19-17/h4-12H,1-3H3,(H,19,21,24). The lowest BCUT2D eigenvalue weighted by atomic mass is 10.2. The van der Waals surface area contributed by atoms with E-state index in [0.29, 0.717) is 11.4 Å². The van der Waals surface area contributed by atoms with E-state index in [9.17, 15) is 4.79 Å². The summed E-state index contributed by atoms with van der Waals surface area (Å²) in [6, 6.07) is 13.0. The lowest BCUT2D eigenvalue weighted by Crippen LogP contribution is -2.14. The van der Waals surface area contributed by atoms with Crippen molar-refractivity contribution in [2.75, 3.05) is 24.3 Å². The van der Waals surface area contributed by atoms with Crippen LogP contribution in [0, 0.1) is 6.92 Å². The zero-order valence-electron chi connectivity index (χ0n) is 13.9. The van der Waals surface area contributed by atoms with Gasteiger partial charge in [-0.1, -0.05) is 0 Å². The zero-order valence-corrected chi connectivity index (χ0v) is 13.9. The van der Waals surface area contributed by atoms with Gasteiger partial charge in [-0.2, -0.15) is 5.10 Å². The topological polar surface area (TPSA) is 63.1 Å². The predicted octanol–water partition coefficient (Wildman–Crippen LogP) is 2.89. The molecule has 6 nitrogen and oxygen atoms in total. The molecular weight excluding hydrogens is 302 g/mol. The molecule has 3 rings (SSSR count). The second kappa shape index (κ2) is 6.54. The molecule has 0 saturated carbocycles. The number of pyridine rings is 1. The van der Waals surface area contributed by atoms with Gasteiger partial charge >= 0.3 is 0 Å². The molecule has 2 heterocycles. The molecule has 1 N–H and O–H groups in total. The van der Waals surface area contributed by atoms with E-state index in [2.05, 4.69) is 15.4 Å². The highest BCUT2D eigenvalue weighted by atomic mass is 16.1. The minimum Gasteiger partial charge on any atom is -0.378 e. The van der Waals surface area contributed by atoms with Gasteiger partial charge in [-0.15, -0.1) is 0 Å². The summed E-state index contributed by atoms with van der Waals surface area (Å²) in [5.74, 6) is 0.334. The SMILES string of the molecule is Cc1ccnn1-c1ccc(C(=O)Nc2cc(N(C)C)ccn2)cc1. The van der Waals surface area contributed by atoms with Crippen molar-refractivity contribution in [1.29, 1.82) is 0 Å². The van der Waals surface area contributed by atoms with Crippen LogP contribution in [0.25, 0.3) is 5.69 Å². The number of rotatable bonds is 4. The Morgan fingerprint density at radius 1 is 1.08 bits per heavy atom. The third-order valence-corrected chi connectivity index (χ3v) is 3.71. The van der Waals surface area contributed by atoms with E-state index in [4.69, 9.17) is 0 Å². The average Bonchev–Trinajstić information content (AvgIpc) is 3.01. The summed E-state index contributed by atoms with van der Waals surface area (Å²) in [6.45, 7) is 1.98. The summed E-state index contributed by atoms with van der Waals surface area (Å²) < 4.78 is 1.82. The van der Waals surface area contributed by atoms with Crippen molar-refractivity contribution in [3.05, 3.63) is 66.1 Å². The number of benzene rings is 1. The summed E-state index contributed by atoms with van der Waals surface area (Å²) in [7, 11) is 3.88. The fourth-order valence-corrected chi connectivity index (χ4v) is 2.35. The number of hydrogen-bond acceptors (Lipinski definition) is 4. The van der Waals surface area contributed by atoms with Gasteiger partial charge in [-0.05, 0) is 43.3 Å². The molecule has 2 aromatic heterocycles. The molecule has 0 spiro atoms. The van der Waals surface area contributed by atoms with E-state index in [0.717, 1.165) is 17.1 Å². The molecule has 1 amide bonds. The van der Waals surface area contributed by atoms with Crippen LogP contribution in [0.2, 0.25) is 0 Å². The Balaban J connectivity index is 1.76. The molecule has 0 saturated heterocycles. The third kappa shape index (κ3) is 3.27. The molecule has 1 aromatic carbocycles. The van der Waals surface area contributed by atoms with Gasteiger partial charge in [0.2, 0.25) is 0 Å². The number of anilines is 2. The van der Waals surface area contributed by atoms with Crippen LogP contribution < -0.4 is 10.2 Å². The van der Waals surface area contributed by atoms with Crippen molar-refractivity contribution < 1.29 is 4.79 Å². The summed E-state index contributed by atoms with van der Waals surface area (Å²) >= 11 is 0. The molecule has 0 fully saturated rings. The van der Waals surface area contributed by atoms with Gasteiger partial charge in [-0.3, -0.25) is 4.79 Å².